The van der Waals surface area contributed by atoms with Crippen LogP contribution in [0.15, 0.2) is 0 Å². The maximum Gasteiger partial charge on any atom is 0.694 e. The zero-order valence-corrected chi connectivity index (χ0v) is 22.9. The van der Waals surface area contributed by atoms with Crippen molar-refractivity contribution in [3.63, 3.8) is 0 Å². The zero-order valence-electron chi connectivity index (χ0n) is 22.0. The smallest absolute Gasteiger partial charge is 0.133 e. The molecule has 0 amide bonds. The highest BCUT2D eigenvalue weighted by atomic mass is 31.1. The van der Waals surface area contributed by atoms with E-state index in [2.05, 4.69) is 13.8 Å². The average Bonchev–Trinajstić information content (AvgIpc) is 2.77. The second-order valence-corrected chi connectivity index (χ2v) is 10.7. The molecule has 2 atom stereocenters. The first kappa shape index (κ1) is 32.0. The zero-order chi connectivity index (χ0) is 23.5. The molecule has 0 radical (unpaired) electrons. The topological polar surface area (TPSA) is 46.5 Å². The largest absolute Gasteiger partial charge is 0.694 e. The van der Waals surface area contributed by atoms with Crippen molar-refractivity contribution < 1.29 is 14.0 Å². The van der Waals surface area contributed by atoms with Crippen LogP contribution in [0.4, 0.5) is 0 Å². The lowest BCUT2D eigenvalue weighted by atomic mass is 10.0. The van der Waals surface area contributed by atoms with E-state index in [0.29, 0.717) is 0 Å². The molecule has 0 aliphatic carbocycles. The van der Waals surface area contributed by atoms with Gasteiger partial charge in [0.25, 0.3) is 0 Å². The lowest BCUT2D eigenvalue weighted by Crippen LogP contribution is -2.09. The summed E-state index contributed by atoms with van der Waals surface area (Å²) in [5.74, 6) is 0. The maximum absolute atomic E-state index is 11.2. The Morgan fingerprint density at radius 2 is 0.750 bits per heavy atom. The lowest BCUT2D eigenvalue weighted by Gasteiger charge is -2.10. The normalized spacial score (nSPS) is 12.9. The van der Waals surface area contributed by atoms with Gasteiger partial charge in [0.2, 0.25) is 0 Å². The van der Waals surface area contributed by atoms with Gasteiger partial charge >= 0.3 is 8.25 Å². The number of rotatable bonds is 27. The van der Waals surface area contributed by atoms with Crippen molar-refractivity contribution in [1.82, 2.24) is 0 Å². The SMILES string of the molecule is CCCCCCCCCCCCCCCC(CCCCCCCCCCCC)O[P+](=O)O. The summed E-state index contributed by atoms with van der Waals surface area (Å²) in [6.07, 6.45) is 32.7. The molecule has 4 heteroatoms. The van der Waals surface area contributed by atoms with Crippen LogP contribution in [0.5, 0.6) is 0 Å². The van der Waals surface area contributed by atoms with E-state index in [0.717, 1.165) is 25.7 Å². The highest BCUT2D eigenvalue weighted by molar-refractivity contribution is 7.32. The lowest BCUT2D eigenvalue weighted by molar-refractivity contribution is 0.162. The summed E-state index contributed by atoms with van der Waals surface area (Å²) in [6.45, 7) is 4.54. The first-order valence-corrected chi connectivity index (χ1v) is 15.7. The third kappa shape index (κ3) is 26.3. The van der Waals surface area contributed by atoms with Crippen LogP contribution in [0.25, 0.3) is 0 Å². The fourth-order valence-electron chi connectivity index (χ4n) is 4.63. The van der Waals surface area contributed by atoms with Crippen LogP contribution < -0.4 is 0 Å². The number of hydrogen-bond acceptors (Lipinski definition) is 2. The minimum atomic E-state index is -2.47. The molecule has 0 aromatic carbocycles. The van der Waals surface area contributed by atoms with Crippen LogP contribution in [0.1, 0.15) is 174 Å². The van der Waals surface area contributed by atoms with Crippen molar-refractivity contribution in [2.24, 2.45) is 0 Å². The Morgan fingerprint density at radius 1 is 0.500 bits per heavy atom. The first-order valence-electron chi connectivity index (χ1n) is 14.5. The van der Waals surface area contributed by atoms with Crippen molar-refractivity contribution in [3.8, 4) is 0 Å². The Kier molecular flexibility index (Phi) is 27.3. The van der Waals surface area contributed by atoms with Gasteiger partial charge in [-0.1, -0.05) is 162 Å². The molecule has 0 aliphatic rings. The molecular formula is C28H58O3P+. The quantitative estimate of drug-likeness (QED) is 0.0953. The van der Waals surface area contributed by atoms with E-state index < -0.39 is 8.25 Å². The van der Waals surface area contributed by atoms with Gasteiger partial charge < -0.3 is 0 Å². The summed E-state index contributed by atoms with van der Waals surface area (Å²) in [6, 6.07) is 0. The molecule has 0 bridgehead atoms. The summed E-state index contributed by atoms with van der Waals surface area (Å²) >= 11 is 0. The van der Waals surface area contributed by atoms with Crippen LogP contribution in [0, 0.1) is 0 Å². The van der Waals surface area contributed by atoms with E-state index in [4.69, 9.17) is 4.52 Å². The predicted octanol–water partition coefficient (Wildman–Crippen LogP) is 10.8. The minimum Gasteiger partial charge on any atom is -0.133 e. The standard InChI is InChI=1S/C28H57O3P/c1-3-5-7-9-11-13-15-16-17-19-21-23-25-27-28(31-32(29)30)26-24-22-20-18-14-12-10-8-6-4-2/h28H,3-27H2,1-2H3/p+1. The Bertz CT molecular complexity index is 376. The number of unbranched alkanes of at least 4 members (excludes halogenated alkanes) is 21. The van der Waals surface area contributed by atoms with Gasteiger partial charge in [0.1, 0.15) is 6.10 Å². The van der Waals surface area contributed by atoms with Crippen LogP contribution in [0.3, 0.4) is 0 Å². The Balaban J connectivity index is 3.52. The molecule has 32 heavy (non-hydrogen) atoms. The van der Waals surface area contributed by atoms with Crippen molar-refractivity contribution in [2.45, 2.75) is 180 Å². The van der Waals surface area contributed by atoms with Gasteiger partial charge in [-0.3, -0.25) is 0 Å². The molecule has 0 aromatic heterocycles. The molecule has 1 N–H and O–H groups in total. The predicted molar refractivity (Wildman–Crippen MR) is 141 cm³/mol. The molecule has 0 saturated carbocycles. The number of hydrogen-bond donors (Lipinski definition) is 1. The summed E-state index contributed by atoms with van der Waals surface area (Å²) < 4.78 is 16.5. The van der Waals surface area contributed by atoms with Gasteiger partial charge in [-0.05, 0) is 12.8 Å². The van der Waals surface area contributed by atoms with Crippen LogP contribution in [-0.2, 0) is 9.09 Å². The minimum absolute atomic E-state index is 0.0228. The third-order valence-corrected chi connectivity index (χ3v) is 7.23. The van der Waals surface area contributed by atoms with Gasteiger partial charge in [-0.15, -0.1) is 9.42 Å². The third-order valence-electron chi connectivity index (χ3n) is 6.75. The van der Waals surface area contributed by atoms with Crippen molar-refractivity contribution >= 4 is 8.25 Å². The fraction of sp³-hybridized carbons (Fsp3) is 1.00. The molecule has 3 nitrogen and oxygen atoms in total. The second-order valence-electron chi connectivity index (χ2n) is 9.97. The Labute approximate surface area is 202 Å². The highest BCUT2D eigenvalue weighted by Crippen LogP contribution is 2.25. The highest BCUT2D eigenvalue weighted by Gasteiger charge is 2.22. The van der Waals surface area contributed by atoms with Crippen LogP contribution in [0.2, 0.25) is 0 Å². The Morgan fingerprint density at radius 3 is 1.00 bits per heavy atom. The van der Waals surface area contributed by atoms with Gasteiger partial charge in [0.15, 0.2) is 0 Å². The van der Waals surface area contributed by atoms with Gasteiger partial charge in [0, 0.05) is 4.57 Å². The molecule has 0 heterocycles. The van der Waals surface area contributed by atoms with Gasteiger partial charge in [0.05, 0.1) is 0 Å². The molecule has 0 rings (SSSR count). The van der Waals surface area contributed by atoms with E-state index >= 15 is 0 Å². The van der Waals surface area contributed by atoms with E-state index in [9.17, 15) is 9.46 Å². The molecule has 0 spiro atoms. The van der Waals surface area contributed by atoms with E-state index in [-0.39, 0.29) is 6.10 Å². The fourth-order valence-corrected chi connectivity index (χ4v) is 5.09. The van der Waals surface area contributed by atoms with Crippen molar-refractivity contribution in [3.05, 3.63) is 0 Å². The molecule has 0 aliphatic heterocycles. The average molecular weight is 474 g/mol. The molecule has 2 unspecified atom stereocenters. The summed E-state index contributed by atoms with van der Waals surface area (Å²) in [5.41, 5.74) is 0. The van der Waals surface area contributed by atoms with E-state index in [1.54, 1.807) is 0 Å². The first-order chi connectivity index (χ1) is 15.7. The molecule has 0 fully saturated rings. The van der Waals surface area contributed by atoms with Gasteiger partial charge in [-0.25, -0.2) is 0 Å². The van der Waals surface area contributed by atoms with Crippen LogP contribution >= 0.6 is 8.25 Å². The molecule has 0 aromatic rings. The summed E-state index contributed by atoms with van der Waals surface area (Å²) in [7, 11) is -2.47. The van der Waals surface area contributed by atoms with Crippen molar-refractivity contribution in [1.29, 1.82) is 0 Å². The summed E-state index contributed by atoms with van der Waals surface area (Å²) in [5, 5.41) is 0. The molecular weight excluding hydrogens is 415 g/mol. The second kappa shape index (κ2) is 27.3. The van der Waals surface area contributed by atoms with E-state index in [1.165, 1.54) is 135 Å². The Hall–Kier alpha value is 0.0200. The van der Waals surface area contributed by atoms with E-state index in [1.807, 2.05) is 0 Å². The maximum atomic E-state index is 11.2. The van der Waals surface area contributed by atoms with Crippen molar-refractivity contribution in [2.75, 3.05) is 0 Å². The monoisotopic (exact) mass is 473 g/mol. The molecule has 0 saturated heterocycles. The van der Waals surface area contributed by atoms with Crippen LogP contribution in [-0.4, -0.2) is 11.0 Å². The summed E-state index contributed by atoms with van der Waals surface area (Å²) in [4.78, 5) is 9.18. The van der Waals surface area contributed by atoms with Gasteiger partial charge in [-0.2, -0.15) is 0 Å². The molecule has 192 valence electrons.